The molecule has 0 saturated carbocycles. The Morgan fingerprint density at radius 1 is 1.25 bits per heavy atom. The molecule has 1 atom stereocenters. The summed E-state index contributed by atoms with van der Waals surface area (Å²) in [5.74, 6) is -0.121. The Kier molecular flexibility index (Phi) is 5.41. The van der Waals surface area contributed by atoms with E-state index in [0.29, 0.717) is 5.69 Å². The van der Waals surface area contributed by atoms with Crippen molar-refractivity contribution in [2.75, 3.05) is 5.32 Å². The van der Waals surface area contributed by atoms with Crippen molar-refractivity contribution in [1.29, 1.82) is 0 Å². The number of amides is 1. The summed E-state index contributed by atoms with van der Waals surface area (Å²) in [7, 11) is 0. The highest BCUT2D eigenvalue weighted by molar-refractivity contribution is 6.32. The van der Waals surface area contributed by atoms with Gasteiger partial charge in [-0.3, -0.25) is 14.9 Å². The largest absolute Gasteiger partial charge is 0.479 e. The monoisotopic (exact) mass is 348 g/mol. The van der Waals surface area contributed by atoms with Crippen LogP contribution in [0, 0.1) is 24.0 Å². The highest BCUT2D eigenvalue weighted by Crippen LogP contribution is 2.29. The van der Waals surface area contributed by atoms with Crippen LogP contribution in [0.15, 0.2) is 36.4 Å². The summed E-state index contributed by atoms with van der Waals surface area (Å²) in [6.07, 6.45) is -0.816. The lowest BCUT2D eigenvalue weighted by molar-refractivity contribution is -0.384. The molecule has 0 aliphatic carbocycles. The van der Waals surface area contributed by atoms with Crippen LogP contribution in [0.5, 0.6) is 5.75 Å². The van der Waals surface area contributed by atoms with E-state index in [1.807, 2.05) is 32.0 Å². The number of nitro benzene ring substituents is 1. The van der Waals surface area contributed by atoms with Gasteiger partial charge in [0.2, 0.25) is 0 Å². The fourth-order valence-electron chi connectivity index (χ4n) is 2.05. The summed E-state index contributed by atoms with van der Waals surface area (Å²) in [5.41, 5.74) is 2.54. The second-order valence-electron chi connectivity index (χ2n) is 5.44. The first kappa shape index (κ1) is 17.7. The number of benzene rings is 2. The molecule has 0 fully saturated rings. The first-order valence-electron chi connectivity index (χ1n) is 7.26. The minimum Gasteiger partial charge on any atom is -0.479 e. The number of hydrogen-bond donors (Lipinski definition) is 1. The first-order valence-corrected chi connectivity index (χ1v) is 7.64. The maximum absolute atomic E-state index is 12.3. The zero-order valence-corrected chi connectivity index (χ0v) is 14.3. The number of aryl methyl sites for hydroxylation is 2. The van der Waals surface area contributed by atoms with Gasteiger partial charge in [0.25, 0.3) is 11.6 Å². The zero-order valence-electron chi connectivity index (χ0n) is 13.5. The van der Waals surface area contributed by atoms with Crippen molar-refractivity contribution in [3.63, 3.8) is 0 Å². The Morgan fingerprint density at radius 3 is 2.58 bits per heavy atom. The quantitative estimate of drug-likeness (QED) is 0.646. The van der Waals surface area contributed by atoms with Crippen LogP contribution in [0.1, 0.15) is 18.1 Å². The van der Waals surface area contributed by atoms with Gasteiger partial charge in [-0.25, -0.2) is 0 Å². The van der Waals surface area contributed by atoms with Crippen molar-refractivity contribution in [1.82, 2.24) is 0 Å². The second-order valence-corrected chi connectivity index (χ2v) is 5.85. The predicted octanol–water partition coefficient (Wildman–Crippen LogP) is 4.27. The van der Waals surface area contributed by atoms with Gasteiger partial charge in [0.15, 0.2) is 6.10 Å². The average Bonchev–Trinajstić information content (AvgIpc) is 2.52. The molecule has 0 saturated heterocycles. The number of anilines is 1. The molecule has 0 radical (unpaired) electrons. The number of non-ortho nitro benzene ring substituents is 1. The van der Waals surface area contributed by atoms with Crippen molar-refractivity contribution in [2.45, 2.75) is 26.9 Å². The number of carbonyl (C=O) groups is 1. The number of nitrogens with zero attached hydrogens (tertiary/aromatic N) is 1. The lowest BCUT2D eigenvalue weighted by atomic mass is 10.1. The summed E-state index contributed by atoms with van der Waals surface area (Å²) in [4.78, 5) is 22.4. The topological polar surface area (TPSA) is 81.5 Å². The number of hydrogen-bond acceptors (Lipinski definition) is 4. The maximum Gasteiger partial charge on any atom is 0.271 e. The molecule has 0 bridgehead atoms. The normalized spacial score (nSPS) is 11.7. The van der Waals surface area contributed by atoms with Gasteiger partial charge in [-0.1, -0.05) is 23.7 Å². The molecule has 1 N–H and O–H groups in total. The van der Waals surface area contributed by atoms with Crippen molar-refractivity contribution < 1.29 is 14.5 Å². The van der Waals surface area contributed by atoms with Crippen LogP contribution in [-0.2, 0) is 4.79 Å². The highest BCUT2D eigenvalue weighted by Gasteiger charge is 2.18. The molecular formula is C17H17ClN2O4. The van der Waals surface area contributed by atoms with Crippen LogP contribution < -0.4 is 10.1 Å². The number of nitro groups is 1. The van der Waals surface area contributed by atoms with E-state index in [9.17, 15) is 14.9 Å². The van der Waals surface area contributed by atoms with Gasteiger partial charge in [-0.2, -0.15) is 0 Å². The fraction of sp³-hybridized carbons (Fsp3) is 0.235. The fourth-order valence-corrected chi connectivity index (χ4v) is 2.27. The molecule has 6 nitrogen and oxygen atoms in total. The Bertz CT molecular complexity index is 792. The molecule has 7 heteroatoms. The molecule has 126 valence electrons. The van der Waals surface area contributed by atoms with Gasteiger partial charge < -0.3 is 10.1 Å². The maximum atomic E-state index is 12.3. The molecule has 2 aromatic carbocycles. The van der Waals surface area contributed by atoms with Gasteiger partial charge >= 0.3 is 0 Å². The summed E-state index contributed by atoms with van der Waals surface area (Å²) in [5, 5.41) is 13.6. The van der Waals surface area contributed by atoms with Crippen molar-refractivity contribution in [2.24, 2.45) is 0 Å². The van der Waals surface area contributed by atoms with Gasteiger partial charge in [-0.05, 0) is 44.0 Å². The molecule has 0 aliphatic heterocycles. The van der Waals surface area contributed by atoms with Gasteiger partial charge in [0.1, 0.15) is 5.75 Å². The molecule has 0 spiro atoms. The predicted molar refractivity (Wildman–Crippen MR) is 92.7 cm³/mol. The third kappa shape index (κ3) is 4.23. The standard InChI is InChI=1S/C17H17ClN2O4/c1-10-4-5-11(2)15(8-10)19-17(21)12(3)24-16-7-6-13(20(22)23)9-14(16)18/h4-9,12H,1-3H3,(H,19,21)/t12-/m1/s1. The molecule has 0 aromatic heterocycles. The van der Waals surface area contributed by atoms with E-state index >= 15 is 0 Å². The van der Waals surface area contributed by atoms with E-state index in [4.69, 9.17) is 16.3 Å². The Labute approximate surface area is 144 Å². The van der Waals surface area contributed by atoms with Crippen LogP contribution >= 0.6 is 11.6 Å². The van der Waals surface area contributed by atoms with E-state index in [0.717, 1.165) is 11.1 Å². The number of carbonyl (C=O) groups excluding carboxylic acids is 1. The summed E-state index contributed by atoms with van der Waals surface area (Å²) < 4.78 is 5.52. The van der Waals surface area contributed by atoms with Crippen LogP contribution in [0.3, 0.4) is 0 Å². The SMILES string of the molecule is Cc1ccc(C)c(NC(=O)[C@@H](C)Oc2ccc([N+](=O)[O-])cc2Cl)c1. The molecule has 2 rings (SSSR count). The van der Waals surface area contributed by atoms with E-state index in [1.54, 1.807) is 6.92 Å². The Balaban J connectivity index is 2.09. The van der Waals surface area contributed by atoms with Crippen molar-refractivity contribution in [3.8, 4) is 5.75 Å². The smallest absolute Gasteiger partial charge is 0.271 e. The van der Waals surface area contributed by atoms with Gasteiger partial charge in [0, 0.05) is 17.8 Å². The number of nitrogens with one attached hydrogen (secondary N) is 1. The Hall–Kier alpha value is -2.60. The summed E-state index contributed by atoms with van der Waals surface area (Å²) >= 11 is 5.97. The number of halogens is 1. The zero-order chi connectivity index (χ0) is 17.9. The average molecular weight is 349 g/mol. The molecular weight excluding hydrogens is 332 g/mol. The summed E-state index contributed by atoms with van der Waals surface area (Å²) in [6, 6.07) is 9.59. The van der Waals surface area contributed by atoms with Crippen molar-refractivity contribution >= 4 is 28.9 Å². The van der Waals surface area contributed by atoms with Crippen LogP contribution in [0.4, 0.5) is 11.4 Å². The molecule has 2 aromatic rings. The molecule has 24 heavy (non-hydrogen) atoms. The van der Waals surface area contributed by atoms with Crippen LogP contribution in [0.2, 0.25) is 5.02 Å². The van der Waals surface area contributed by atoms with E-state index in [-0.39, 0.29) is 22.4 Å². The molecule has 1 amide bonds. The first-order chi connectivity index (χ1) is 11.3. The second kappa shape index (κ2) is 7.31. The van der Waals surface area contributed by atoms with E-state index < -0.39 is 11.0 Å². The van der Waals surface area contributed by atoms with Crippen LogP contribution in [0.25, 0.3) is 0 Å². The number of rotatable bonds is 5. The third-order valence-electron chi connectivity index (χ3n) is 3.45. The third-order valence-corrected chi connectivity index (χ3v) is 3.75. The minimum absolute atomic E-state index is 0.0792. The summed E-state index contributed by atoms with van der Waals surface area (Å²) in [6.45, 7) is 5.41. The molecule has 0 aliphatic rings. The van der Waals surface area contributed by atoms with E-state index in [2.05, 4.69) is 5.32 Å². The Morgan fingerprint density at radius 2 is 1.96 bits per heavy atom. The lowest BCUT2D eigenvalue weighted by Gasteiger charge is -2.16. The number of ether oxygens (including phenoxy) is 1. The van der Waals surface area contributed by atoms with Gasteiger partial charge in [0.05, 0.1) is 9.95 Å². The van der Waals surface area contributed by atoms with Crippen molar-refractivity contribution in [3.05, 3.63) is 62.7 Å². The van der Waals surface area contributed by atoms with E-state index in [1.165, 1.54) is 18.2 Å². The minimum atomic E-state index is -0.816. The highest BCUT2D eigenvalue weighted by atomic mass is 35.5. The van der Waals surface area contributed by atoms with Gasteiger partial charge in [-0.15, -0.1) is 0 Å². The lowest BCUT2D eigenvalue weighted by Crippen LogP contribution is -2.30. The molecule has 0 heterocycles. The van der Waals surface area contributed by atoms with Crippen LogP contribution in [-0.4, -0.2) is 16.9 Å². The molecule has 0 unspecified atom stereocenters.